The molecule has 0 atom stereocenters. The summed E-state index contributed by atoms with van der Waals surface area (Å²) in [7, 11) is 0. The van der Waals surface area contributed by atoms with Crippen LogP contribution in [-0.2, 0) is 0 Å². The Morgan fingerprint density at radius 2 is 1.89 bits per heavy atom. The molecule has 138 valence electrons. The zero-order chi connectivity index (χ0) is 19.1. The van der Waals surface area contributed by atoms with Gasteiger partial charge in [-0.2, -0.15) is 0 Å². The predicted octanol–water partition coefficient (Wildman–Crippen LogP) is 5.87. The molecule has 0 aliphatic heterocycles. The fraction of sp³-hybridized carbons (Fsp3) is 0.136. The summed E-state index contributed by atoms with van der Waals surface area (Å²) in [5, 5.41) is 3.43. The van der Waals surface area contributed by atoms with Crippen LogP contribution in [0.3, 0.4) is 0 Å². The number of anilines is 2. The van der Waals surface area contributed by atoms with Crippen LogP contribution in [0.25, 0.3) is 27.1 Å². The number of fused-ring (bicyclic) bond motifs is 2. The van der Waals surface area contributed by atoms with E-state index in [0.717, 1.165) is 33.9 Å². The molecule has 5 nitrogen and oxygen atoms in total. The molecule has 28 heavy (non-hydrogen) atoms. The molecule has 0 saturated carbocycles. The first-order valence-corrected chi connectivity index (χ1v) is 10.1. The van der Waals surface area contributed by atoms with Crippen molar-refractivity contribution in [2.75, 3.05) is 5.32 Å². The average molecular weight is 385 g/mol. The van der Waals surface area contributed by atoms with E-state index in [4.69, 9.17) is 4.98 Å². The third-order valence-electron chi connectivity index (χ3n) is 4.84. The lowest BCUT2D eigenvalue weighted by molar-refractivity contribution is 0.867. The van der Waals surface area contributed by atoms with E-state index in [1.54, 1.807) is 17.5 Å². The molecule has 5 rings (SSSR count). The maximum atomic E-state index is 4.87. The Morgan fingerprint density at radius 3 is 2.71 bits per heavy atom. The molecule has 0 aliphatic rings. The Morgan fingerprint density at radius 1 is 1.04 bits per heavy atom. The third kappa shape index (κ3) is 3.01. The maximum absolute atomic E-state index is 4.87. The molecule has 6 heteroatoms. The molecule has 0 bridgehead atoms. The van der Waals surface area contributed by atoms with Gasteiger partial charge in [-0.25, -0.2) is 15.0 Å². The van der Waals surface area contributed by atoms with Gasteiger partial charge in [-0.05, 0) is 35.7 Å². The van der Waals surface area contributed by atoms with Crippen molar-refractivity contribution in [2.45, 2.75) is 19.8 Å². The monoisotopic (exact) mass is 385 g/mol. The highest BCUT2D eigenvalue weighted by atomic mass is 32.1. The number of nitrogens with one attached hydrogen (secondary N) is 1. The van der Waals surface area contributed by atoms with Gasteiger partial charge in [0, 0.05) is 29.8 Å². The van der Waals surface area contributed by atoms with Gasteiger partial charge in [0.05, 0.1) is 21.4 Å². The SMILES string of the molecule is CC(C)c1ccc(Nc2nc(-c3ccc4scnc4c3)cn3ccnc23)cc1. The largest absolute Gasteiger partial charge is 0.337 e. The normalized spacial score (nSPS) is 11.5. The summed E-state index contributed by atoms with van der Waals surface area (Å²) in [5.74, 6) is 1.24. The number of aromatic nitrogens is 4. The van der Waals surface area contributed by atoms with Crippen molar-refractivity contribution in [3.05, 3.63) is 72.1 Å². The quantitative estimate of drug-likeness (QED) is 0.420. The van der Waals surface area contributed by atoms with Crippen LogP contribution < -0.4 is 5.32 Å². The third-order valence-corrected chi connectivity index (χ3v) is 5.65. The van der Waals surface area contributed by atoms with Crippen LogP contribution in [-0.4, -0.2) is 19.4 Å². The summed E-state index contributed by atoms with van der Waals surface area (Å²) in [6, 6.07) is 14.7. The van der Waals surface area contributed by atoms with Crippen molar-refractivity contribution in [1.29, 1.82) is 0 Å². The maximum Gasteiger partial charge on any atom is 0.180 e. The molecule has 1 N–H and O–H groups in total. The summed E-state index contributed by atoms with van der Waals surface area (Å²) < 4.78 is 3.18. The van der Waals surface area contributed by atoms with Gasteiger partial charge >= 0.3 is 0 Å². The van der Waals surface area contributed by atoms with E-state index in [1.807, 2.05) is 22.3 Å². The zero-order valence-electron chi connectivity index (χ0n) is 15.6. The molecule has 0 saturated heterocycles. The Balaban J connectivity index is 1.57. The molecule has 0 aliphatic carbocycles. The fourth-order valence-corrected chi connectivity index (χ4v) is 3.92. The molecule has 5 aromatic rings. The lowest BCUT2D eigenvalue weighted by atomic mass is 10.0. The Bertz CT molecular complexity index is 1270. The lowest BCUT2D eigenvalue weighted by Gasteiger charge is -2.11. The molecule has 3 heterocycles. The Hall–Kier alpha value is -3.25. The summed E-state index contributed by atoms with van der Waals surface area (Å²) in [5.41, 5.74) is 7.88. The van der Waals surface area contributed by atoms with Crippen molar-refractivity contribution in [3.8, 4) is 11.3 Å². The van der Waals surface area contributed by atoms with Gasteiger partial charge < -0.3 is 9.72 Å². The van der Waals surface area contributed by atoms with Crippen molar-refractivity contribution in [3.63, 3.8) is 0 Å². The Kier molecular flexibility index (Phi) is 4.06. The number of benzene rings is 2. The minimum absolute atomic E-state index is 0.509. The summed E-state index contributed by atoms with van der Waals surface area (Å²) in [4.78, 5) is 13.8. The highest BCUT2D eigenvalue weighted by Crippen LogP contribution is 2.28. The van der Waals surface area contributed by atoms with Gasteiger partial charge in [0.2, 0.25) is 0 Å². The van der Waals surface area contributed by atoms with E-state index >= 15 is 0 Å². The number of hydrogen-bond donors (Lipinski definition) is 1. The van der Waals surface area contributed by atoms with Crippen LogP contribution in [0.5, 0.6) is 0 Å². The van der Waals surface area contributed by atoms with E-state index in [1.165, 1.54) is 10.3 Å². The van der Waals surface area contributed by atoms with Crippen LogP contribution in [0.4, 0.5) is 11.5 Å². The second-order valence-electron chi connectivity index (χ2n) is 7.07. The van der Waals surface area contributed by atoms with Crippen molar-refractivity contribution < 1.29 is 0 Å². The molecule has 0 spiro atoms. The van der Waals surface area contributed by atoms with Gasteiger partial charge in [-0.3, -0.25) is 0 Å². The second kappa shape index (κ2) is 6.73. The lowest BCUT2D eigenvalue weighted by Crippen LogP contribution is -2.00. The first kappa shape index (κ1) is 16.9. The molecular weight excluding hydrogens is 366 g/mol. The molecule has 0 unspecified atom stereocenters. The van der Waals surface area contributed by atoms with Crippen LogP contribution in [0.1, 0.15) is 25.3 Å². The minimum Gasteiger partial charge on any atom is -0.337 e. The minimum atomic E-state index is 0.509. The van der Waals surface area contributed by atoms with E-state index in [-0.39, 0.29) is 0 Å². The number of imidazole rings is 1. The second-order valence-corrected chi connectivity index (χ2v) is 7.96. The standard InChI is InChI=1S/C22H19N5S/c1-14(2)15-3-6-17(7-4-15)25-21-22-23-9-10-27(22)12-19(26-21)16-5-8-20-18(11-16)24-13-28-20/h3-14H,1-2H3,(H,25,26). The first-order chi connectivity index (χ1) is 13.7. The average Bonchev–Trinajstić information content (AvgIpc) is 3.37. The number of hydrogen-bond acceptors (Lipinski definition) is 5. The topological polar surface area (TPSA) is 55.1 Å². The van der Waals surface area contributed by atoms with Crippen LogP contribution in [0, 0.1) is 0 Å². The van der Waals surface area contributed by atoms with Crippen molar-refractivity contribution in [2.24, 2.45) is 0 Å². The van der Waals surface area contributed by atoms with Crippen LogP contribution >= 0.6 is 11.3 Å². The fourth-order valence-electron chi connectivity index (χ4n) is 3.26. The first-order valence-electron chi connectivity index (χ1n) is 9.22. The predicted molar refractivity (Wildman–Crippen MR) is 115 cm³/mol. The van der Waals surface area contributed by atoms with Crippen molar-refractivity contribution in [1.82, 2.24) is 19.4 Å². The van der Waals surface area contributed by atoms with Gasteiger partial charge in [-0.1, -0.05) is 32.0 Å². The van der Waals surface area contributed by atoms with E-state index < -0.39 is 0 Å². The van der Waals surface area contributed by atoms with E-state index in [0.29, 0.717) is 5.92 Å². The highest BCUT2D eigenvalue weighted by Gasteiger charge is 2.11. The van der Waals surface area contributed by atoms with Crippen molar-refractivity contribution >= 4 is 38.7 Å². The molecule has 0 fully saturated rings. The number of rotatable bonds is 4. The van der Waals surface area contributed by atoms with Gasteiger partial charge in [0.25, 0.3) is 0 Å². The summed E-state index contributed by atoms with van der Waals surface area (Å²) in [6.45, 7) is 4.39. The van der Waals surface area contributed by atoms with Gasteiger partial charge in [0.1, 0.15) is 0 Å². The van der Waals surface area contributed by atoms with Crippen LogP contribution in [0.15, 0.2) is 66.6 Å². The molecule has 0 amide bonds. The summed E-state index contributed by atoms with van der Waals surface area (Å²) >= 11 is 1.64. The molecular formula is C22H19N5S. The number of nitrogens with zero attached hydrogens (tertiary/aromatic N) is 4. The van der Waals surface area contributed by atoms with Crippen LogP contribution in [0.2, 0.25) is 0 Å². The highest BCUT2D eigenvalue weighted by molar-refractivity contribution is 7.16. The van der Waals surface area contributed by atoms with Gasteiger partial charge in [-0.15, -0.1) is 11.3 Å². The Labute approximate surface area is 166 Å². The summed E-state index contributed by atoms with van der Waals surface area (Å²) in [6.07, 6.45) is 5.73. The zero-order valence-corrected chi connectivity index (χ0v) is 16.4. The molecule has 0 radical (unpaired) electrons. The molecule has 2 aromatic carbocycles. The number of thiazole rings is 1. The smallest absolute Gasteiger partial charge is 0.180 e. The van der Waals surface area contributed by atoms with Gasteiger partial charge in [0.15, 0.2) is 11.5 Å². The van der Waals surface area contributed by atoms with E-state index in [9.17, 15) is 0 Å². The van der Waals surface area contributed by atoms with E-state index in [2.05, 4.69) is 71.6 Å². The molecule has 3 aromatic heterocycles.